The van der Waals surface area contributed by atoms with E-state index in [-0.39, 0.29) is 30.4 Å². The maximum Gasteiger partial charge on any atom is 0.236 e. The van der Waals surface area contributed by atoms with E-state index in [2.05, 4.69) is 5.32 Å². The number of nitrogens with zero attached hydrogens (tertiary/aromatic N) is 1. The van der Waals surface area contributed by atoms with Crippen molar-refractivity contribution in [2.45, 2.75) is 19.3 Å². The molecule has 0 saturated heterocycles. The molecule has 0 aromatic heterocycles. The molecule has 0 atom stereocenters. The molecule has 2 aromatic rings. The molecular formula is C19H23FN2O3S. The molecule has 1 amide bonds. The van der Waals surface area contributed by atoms with Gasteiger partial charge in [0.05, 0.1) is 11.4 Å². The Bertz CT molecular complexity index is 826. The molecule has 0 spiro atoms. The van der Waals surface area contributed by atoms with Crippen LogP contribution in [0.3, 0.4) is 0 Å². The zero-order chi connectivity index (χ0) is 19.0. The third-order valence-electron chi connectivity index (χ3n) is 4.03. The van der Waals surface area contributed by atoms with E-state index in [1.54, 1.807) is 42.5 Å². The van der Waals surface area contributed by atoms with Crippen LogP contribution in [0.15, 0.2) is 54.6 Å². The fourth-order valence-corrected chi connectivity index (χ4v) is 3.56. The van der Waals surface area contributed by atoms with Gasteiger partial charge < -0.3 is 5.32 Å². The minimum absolute atomic E-state index is 0.0397. The van der Waals surface area contributed by atoms with Gasteiger partial charge in [-0.15, -0.1) is 0 Å². The first-order chi connectivity index (χ1) is 12.4. The van der Waals surface area contributed by atoms with Gasteiger partial charge in [-0.3, -0.25) is 9.10 Å². The van der Waals surface area contributed by atoms with Gasteiger partial charge in [-0.05, 0) is 36.6 Å². The zero-order valence-electron chi connectivity index (χ0n) is 14.7. The van der Waals surface area contributed by atoms with E-state index < -0.39 is 10.0 Å². The second-order valence-corrected chi connectivity index (χ2v) is 8.03. The fourth-order valence-electron chi connectivity index (χ4n) is 2.48. The monoisotopic (exact) mass is 378 g/mol. The number of nitrogens with one attached hydrogen (secondary N) is 1. The third kappa shape index (κ3) is 5.84. The van der Waals surface area contributed by atoms with Gasteiger partial charge in [-0.1, -0.05) is 36.4 Å². The summed E-state index contributed by atoms with van der Waals surface area (Å²) in [6, 6.07) is 15.2. The van der Waals surface area contributed by atoms with E-state index >= 15 is 0 Å². The van der Waals surface area contributed by atoms with Crippen molar-refractivity contribution in [3.8, 4) is 0 Å². The number of hydrogen-bond acceptors (Lipinski definition) is 3. The topological polar surface area (TPSA) is 66.5 Å². The molecule has 26 heavy (non-hydrogen) atoms. The second-order valence-electron chi connectivity index (χ2n) is 5.91. The maximum absolute atomic E-state index is 13.5. The van der Waals surface area contributed by atoms with E-state index in [1.165, 1.54) is 17.4 Å². The summed E-state index contributed by atoms with van der Waals surface area (Å²) in [5.41, 5.74) is 1.15. The number of para-hydroxylation sites is 1. The van der Waals surface area contributed by atoms with Crippen molar-refractivity contribution in [2.75, 3.05) is 23.7 Å². The number of sulfonamides is 1. The van der Waals surface area contributed by atoms with Crippen LogP contribution in [0.25, 0.3) is 0 Å². The lowest BCUT2D eigenvalue weighted by molar-refractivity contribution is -0.121. The third-order valence-corrected chi connectivity index (χ3v) is 5.79. The standard InChI is InChI=1S/C19H23FN2O3S/c1-22(17-10-3-2-4-11-17)26(24,25)15-14-21-19(23)13-7-9-16-8-5-6-12-18(16)20/h2-6,8,10-12H,7,9,13-15H2,1H3,(H,21,23). The Morgan fingerprint density at radius 3 is 2.42 bits per heavy atom. The SMILES string of the molecule is CN(c1ccccc1)S(=O)(=O)CCNC(=O)CCCc1ccccc1F. The van der Waals surface area contributed by atoms with Gasteiger partial charge in [0.2, 0.25) is 15.9 Å². The highest BCUT2D eigenvalue weighted by atomic mass is 32.2. The summed E-state index contributed by atoms with van der Waals surface area (Å²) in [4.78, 5) is 11.8. The van der Waals surface area contributed by atoms with E-state index in [1.807, 2.05) is 6.07 Å². The van der Waals surface area contributed by atoms with Crippen LogP contribution in [-0.4, -0.2) is 33.7 Å². The normalized spacial score (nSPS) is 11.2. The van der Waals surface area contributed by atoms with Crippen LogP contribution >= 0.6 is 0 Å². The van der Waals surface area contributed by atoms with Crippen molar-refractivity contribution in [1.82, 2.24) is 5.32 Å². The van der Waals surface area contributed by atoms with Crippen LogP contribution in [0.1, 0.15) is 18.4 Å². The minimum atomic E-state index is -3.51. The van der Waals surface area contributed by atoms with Gasteiger partial charge in [-0.25, -0.2) is 12.8 Å². The van der Waals surface area contributed by atoms with Gasteiger partial charge in [0, 0.05) is 20.0 Å². The molecule has 0 bridgehead atoms. The summed E-state index contributed by atoms with van der Waals surface area (Å²) in [6.07, 6.45) is 1.20. The van der Waals surface area contributed by atoms with Crippen LogP contribution < -0.4 is 9.62 Å². The molecule has 0 fully saturated rings. The fraction of sp³-hybridized carbons (Fsp3) is 0.316. The van der Waals surface area contributed by atoms with E-state index in [9.17, 15) is 17.6 Å². The minimum Gasteiger partial charge on any atom is -0.355 e. The molecule has 2 aromatic carbocycles. The lowest BCUT2D eigenvalue weighted by Crippen LogP contribution is -2.35. The van der Waals surface area contributed by atoms with Crippen molar-refractivity contribution in [3.63, 3.8) is 0 Å². The predicted octanol–water partition coefficient (Wildman–Crippen LogP) is 2.73. The Kier molecular flexibility index (Phi) is 7.15. The lowest BCUT2D eigenvalue weighted by atomic mass is 10.1. The van der Waals surface area contributed by atoms with Crippen LogP contribution in [0.5, 0.6) is 0 Å². The Balaban J connectivity index is 1.73. The average molecular weight is 378 g/mol. The number of rotatable bonds is 9. The first kappa shape index (κ1) is 19.9. The second kappa shape index (κ2) is 9.33. The van der Waals surface area contributed by atoms with Crippen LogP contribution in [0, 0.1) is 5.82 Å². The van der Waals surface area contributed by atoms with Gasteiger partial charge in [-0.2, -0.15) is 0 Å². The van der Waals surface area contributed by atoms with Crippen molar-refractivity contribution >= 4 is 21.6 Å². The molecule has 5 nitrogen and oxygen atoms in total. The van der Waals surface area contributed by atoms with Crippen LogP contribution in [0.4, 0.5) is 10.1 Å². The highest BCUT2D eigenvalue weighted by Crippen LogP contribution is 2.15. The van der Waals surface area contributed by atoms with Crippen molar-refractivity contribution in [2.24, 2.45) is 0 Å². The Hall–Kier alpha value is -2.41. The molecule has 0 aliphatic rings. The highest BCUT2D eigenvalue weighted by molar-refractivity contribution is 7.92. The average Bonchev–Trinajstić information content (AvgIpc) is 2.63. The zero-order valence-corrected chi connectivity index (χ0v) is 15.5. The molecular weight excluding hydrogens is 355 g/mol. The van der Waals surface area contributed by atoms with Crippen LogP contribution in [0.2, 0.25) is 0 Å². The Morgan fingerprint density at radius 2 is 1.73 bits per heavy atom. The molecule has 0 heterocycles. The van der Waals surface area contributed by atoms with E-state index in [0.29, 0.717) is 24.1 Å². The first-order valence-electron chi connectivity index (χ1n) is 8.42. The number of aryl methyl sites for hydroxylation is 1. The lowest BCUT2D eigenvalue weighted by Gasteiger charge is -2.19. The quantitative estimate of drug-likeness (QED) is 0.730. The van der Waals surface area contributed by atoms with Gasteiger partial charge in [0.1, 0.15) is 5.82 Å². The summed E-state index contributed by atoms with van der Waals surface area (Å²) < 4.78 is 39.3. The molecule has 0 radical (unpaired) electrons. The van der Waals surface area contributed by atoms with E-state index in [0.717, 1.165) is 0 Å². The van der Waals surface area contributed by atoms with Gasteiger partial charge >= 0.3 is 0 Å². The van der Waals surface area contributed by atoms with Crippen molar-refractivity contribution in [1.29, 1.82) is 0 Å². The Labute approximate surface area is 153 Å². The van der Waals surface area contributed by atoms with Gasteiger partial charge in [0.15, 0.2) is 0 Å². The summed E-state index contributed by atoms with van der Waals surface area (Å²) >= 11 is 0. The van der Waals surface area contributed by atoms with E-state index in [4.69, 9.17) is 0 Å². The summed E-state index contributed by atoms with van der Waals surface area (Å²) in [7, 11) is -2.02. The molecule has 1 N–H and O–H groups in total. The summed E-state index contributed by atoms with van der Waals surface area (Å²) in [6.45, 7) is 0.0397. The number of carbonyl (C=O) groups excluding carboxylic acids is 1. The number of amides is 1. The number of halogens is 1. The first-order valence-corrected chi connectivity index (χ1v) is 10.0. The summed E-state index contributed by atoms with van der Waals surface area (Å²) in [5, 5.41) is 2.61. The summed E-state index contributed by atoms with van der Waals surface area (Å²) in [5.74, 6) is -0.695. The molecule has 0 unspecified atom stereocenters. The number of anilines is 1. The molecule has 7 heteroatoms. The largest absolute Gasteiger partial charge is 0.355 e. The van der Waals surface area contributed by atoms with Crippen molar-refractivity contribution in [3.05, 3.63) is 66.0 Å². The molecule has 140 valence electrons. The van der Waals surface area contributed by atoms with Gasteiger partial charge in [0.25, 0.3) is 0 Å². The number of carbonyl (C=O) groups is 1. The molecule has 0 aliphatic carbocycles. The smallest absolute Gasteiger partial charge is 0.236 e. The molecule has 0 saturated carbocycles. The predicted molar refractivity (Wildman–Crippen MR) is 101 cm³/mol. The number of hydrogen-bond donors (Lipinski definition) is 1. The van der Waals surface area contributed by atoms with Crippen LogP contribution in [-0.2, 0) is 21.2 Å². The highest BCUT2D eigenvalue weighted by Gasteiger charge is 2.18. The maximum atomic E-state index is 13.5. The van der Waals surface area contributed by atoms with Crippen molar-refractivity contribution < 1.29 is 17.6 Å². The molecule has 2 rings (SSSR count). The number of benzene rings is 2. The Morgan fingerprint density at radius 1 is 1.08 bits per heavy atom. The molecule has 0 aliphatic heterocycles.